The highest BCUT2D eigenvalue weighted by Crippen LogP contribution is 2.58. The maximum atomic E-state index is 13.3. The summed E-state index contributed by atoms with van der Waals surface area (Å²) in [4.78, 5) is 16.8. The molecule has 0 saturated heterocycles. The van der Waals surface area contributed by atoms with Gasteiger partial charge in [0.2, 0.25) is 0 Å². The Morgan fingerprint density at radius 3 is 2.65 bits per heavy atom. The van der Waals surface area contributed by atoms with Crippen LogP contribution in [0, 0.1) is 12.8 Å². The van der Waals surface area contributed by atoms with E-state index in [4.69, 9.17) is 0 Å². The SMILES string of the molecule is Cc1ccc2c(c1)nc1n2CCN(S(=O)(=O)N[C@@]2(C(=O)O)[C@H](C)[C@@H]2c2ccccc2)C1. The Balaban J connectivity index is 1.43. The summed E-state index contributed by atoms with van der Waals surface area (Å²) in [5, 5.41) is 9.98. The Morgan fingerprint density at radius 2 is 1.94 bits per heavy atom. The molecule has 1 aliphatic heterocycles. The van der Waals surface area contributed by atoms with Gasteiger partial charge in [-0.15, -0.1) is 0 Å². The van der Waals surface area contributed by atoms with Crippen molar-refractivity contribution in [2.45, 2.75) is 38.4 Å². The van der Waals surface area contributed by atoms with E-state index in [9.17, 15) is 18.3 Å². The molecule has 0 bridgehead atoms. The van der Waals surface area contributed by atoms with Crippen LogP contribution >= 0.6 is 0 Å². The fraction of sp³-hybridized carbons (Fsp3) is 0.364. The van der Waals surface area contributed by atoms with Crippen LogP contribution in [0.15, 0.2) is 48.5 Å². The Bertz CT molecular complexity index is 1290. The van der Waals surface area contributed by atoms with Gasteiger partial charge in [-0.25, -0.2) is 4.98 Å². The summed E-state index contributed by atoms with van der Waals surface area (Å²) in [6.45, 7) is 4.58. The molecule has 0 amide bonds. The zero-order valence-electron chi connectivity index (χ0n) is 17.3. The minimum Gasteiger partial charge on any atom is -0.480 e. The number of benzene rings is 2. The Kier molecular flexibility index (Phi) is 4.47. The van der Waals surface area contributed by atoms with Crippen molar-refractivity contribution < 1.29 is 18.3 Å². The molecule has 31 heavy (non-hydrogen) atoms. The second kappa shape index (κ2) is 6.88. The summed E-state index contributed by atoms with van der Waals surface area (Å²) >= 11 is 0. The number of carboxylic acid groups (broad SMARTS) is 1. The molecule has 1 aromatic heterocycles. The zero-order valence-corrected chi connectivity index (χ0v) is 18.1. The highest BCUT2D eigenvalue weighted by molar-refractivity contribution is 7.87. The fourth-order valence-electron chi connectivity index (χ4n) is 4.89. The van der Waals surface area contributed by atoms with Gasteiger partial charge in [0.15, 0.2) is 0 Å². The first kappa shape index (κ1) is 20.2. The average Bonchev–Trinajstić information content (AvgIpc) is 3.15. The third-order valence-corrected chi connectivity index (χ3v) is 8.21. The van der Waals surface area contributed by atoms with Gasteiger partial charge in [0, 0.05) is 19.0 Å². The van der Waals surface area contributed by atoms with Crippen molar-refractivity contribution in [3.05, 3.63) is 65.5 Å². The molecule has 9 heteroatoms. The van der Waals surface area contributed by atoms with Crippen molar-refractivity contribution in [1.82, 2.24) is 18.6 Å². The van der Waals surface area contributed by atoms with Crippen LogP contribution in [0.5, 0.6) is 0 Å². The maximum Gasteiger partial charge on any atom is 0.325 e. The molecule has 5 rings (SSSR count). The molecule has 8 nitrogen and oxygen atoms in total. The molecule has 0 unspecified atom stereocenters. The number of imidazole rings is 1. The summed E-state index contributed by atoms with van der Waals surface area (Å²) in [5.74, 6) is -1.28. The van der Waals surface area contributed by atoms with Crippen molar-refractivity contribution in [1.29, 1.82) is 0 Å². The highest BCUT2D eigenvalue weighted by Gasteiger charge is 2.70. The summed E-state index contributed by atoms with van der Waals surface area (Å²) < 4.78 is 32.4. The zero-order chi connectivity index (χ0) is 22.0. The number of aliphatic carboxylic acids is 1. The van der Waals surface area contributed by atoms with Gasteiger partial charge >= 0.3 is 5.97 Å². The number of carbonyl (C=O) groups is 1. The van der Waals surface area contributed by atoms with E-state index in [0.29, 0.717) is 12.4 Å². The molecule has 1 saturated carbocycles. The molecular formula is C22H24N4O4S. The summed E-state index contributed by atoms with van der Waals surface area (Å²) in [6, 6.07) is 15.2. The van der Waals surface area contributed by atoms with Crippen molar-refractivity contribution >= 4 is 27.2 Å². The van der Waals surface area contributed by atoms with Crippen LogP contribution in [-0.2, 0) is 28.1 Å². The topological polar surface area (TPSA) is 105 Å². The standard InChI is InChI=1S/C22H24N4O4S/c1-14-8-9-18-17(12-14)23-19-13-25(10-11-26(18)19)31(29,30)24-22(21(27)28)15(2)20(22)16-6-4-3-5-7-16/h3-9,12,15,20,24H,10-11,13H2,1-2H3,(H,27,28)/t15-,20-,22+/m1/s1. The molecule has 2 aliphatic rings. The van der Waals surface area contributed by atoms with Gasteiger partial charge in [0.1, 0.15) is 11.4 Å². The van der Waals surface area contributed by atoms with E-state index < -0.39 is 27.6 Å². The lowest BCUT2D eigenvalue weighted by Crippen LogP contribution is -2.53. The van der Waals surface area contributed by atoms with Crippen molar-refractivity contribution in [3.8, 4) is 0 Å². The number of carboxylic acids is 1. The van der Waals surface area contributed by atoms with Crippen molar-refractivity contribution in [3.63, 3.8) is 0 Å². The van der Waals surface area contributed by atoms with E-state index in [2.05, 4.69) is 9.71 Å². The molecule has 3 aromatic rings. The lowest BCUT2D eigenvalue weighted by Gasteiger charge is -2.29. The predicted octanol–water partition coefficient (Wildman–Crippen LogP) is 2.25. The van der Waals surface area contributed by atoms with E-state index in [0.717, 1.165) is 22.2 Å². The first-order valence-corrected chi connectivity index (χ1v) is 11.7. The smallest absolute Gasteiger partial charge is 0.325 e. The van der Waals surface area contributed by atoms with Crippen LogP contribution in [-0.4, -0.2) is 45.4 Å². The van der Waals surface area contributed by atoms with Gasteiger partial charge in [0.25, 0.3) is 10.2 Å². The van der Waals surface area contributed by atoms with Gasteiger partial charge in [0.05, 0.1) is 17.6 Å². The van der Waals surface area contributed by atoms with Crippen LogP contribution < -0.4 is 4.72 Å². The Hall–Kier alpha value is -2.75. The quantitative estimate of drug-likeness (QED) is 0.633. The Labute approximate surface area is 180 Å². The van der Waals surface area contributed by atoms with Crippen LogP contribution in [0.25, 0.3) is 11.0 Å². The van der Waals surface area contributed by atoms with E-state index in [1.165, 1.54) is 4.31 Å². The number of rotatable bonds is 5. The number of hydrogen-bond acceptors (Lipinski definition) is 4. The molecule has 2 N–H and O–H groups in total. The van der Waals surface area contributed by atoms with Crippen LogP contribution in [0.3, 0.4) is 0 Å². The second-order valence-electron chi connectivity index (χ2n) is 8.46. The van der Waals surface area contributed by atoms with Crippen LogP contribution in [0.1, 0.15) is 29.8 Å². The minimum atomic E-state index is -4.04. The molecular weight excluding hydrogens is 416 g/mol. The minimum absolute atomic E-state index is 0.100. The van der Waals surface area contributed by atoms with Crippen molar-refractivity contribution in [2.24, 2.45) is 5.92 Å². The van der Waals surface area contributed by atoms with Gasteiger partial charge in [-0.3, -0.25) is 4.79 Å². The molecule has 2 heterocycles. The van der Waals surface area contributed by atoms with Gasteiger partial charge < -0.3 is 9.67 Å². The van der Waals surface area contributed by atoms with E-state index in [1.807, 2.05) is 60.0 Å². The lowest BCUT2D eigenvalue weighted by atomic mass is 10.1. The Morgan fingerprint density at radius 1 is 1.19 bits per heavy atom. The number of aromatic nitrogens is 2. The third-order valence-electron chi connectivity index (χ3n) is 6.62. The largest absolute Gasteiger partial charge is 0.480 e. The maximum absolute atomic E-state index is 13.3. The van der Waals surface area contributed by atoms with Gasteiger partial charge in [-0.2, -0.15) is 17.4 Å². The number of fused-ring (bicyclic) bond motifs is 3. The number of hydrogen-bond donors (Lipinski definition) is 2. The van der Waals surface area contributed by atoms with Crippen LogP contribution in [0.2, 0.25) is 0 Å². The molecule has 162 valence electrons. The van der Waals surface area contributed by atoms with Crippen molar-refractivity contribution in [2.75, 3.05) is 6.54 Å². The molecule has 0 spiro atoms. The fourth-order valence-corrected chi connectivity index (χ4v) is 6.46. The number of nitrogens with one attached hydrogen (secondary N) is 1. The summed E-state index contributed by atoms with van der Waals surface area (Å²) in [6.07, 6.45) is 0. The van der Waals surface area contributed by atoms with Gasteiger partial charge in [-0.05, 0) is 36.1 Å². The molecule has 3 atom stereocenters. The summed E-state index contributed by atoms with van der Waals surface area (Å²) in [7, 11) is -4.04. The summed E-state index contributed by atoms with van der Waals surface area (Å²) in [5.41, 5.74) is 2.18. The van der Waals surface area contributed by atoms with E-state index >= 15 is 0 Å². The number of aryl methyl sites for hydroxylation is 1. The number of nitrogens with zero attached hydrogens (tertiary/aromatic N) is 3. The molecule has 0 radical (unpaired) electrons. The van der Waals surface area contributed by atoms with E-state index in [-0.39, 0.29) is 19.0 Å². The normalized spacial score (nSPS) is 26.0. The average molecular weight is 441 g/mol. The van der Waals surface area contributed by atoms with Crippen LogP contribution in [0.4, 0.5) is 0 Å². The van der Waals surface area contributed by atoms with Gasteiger partial charge in [-0.1, -0.05) is 43.3 Å². The predicted molar refractivity (Wildman–Crippen MR) is 116 cm³/mol. The second-order valence-corrected chi connectivity index (χ2v) is 10.1. The highest BCUT2D eigenvalue weighted by atomic mass is 32.2. The lowest BCUT2D eigenvalue weighted by molar-refractivity contribution is -0.140. The molecule has 1 fully saturated rings. The monoisotopic (exact) mass is 440 g/mol. The first-order chi connectivity index (χ1) is 14.7. The molecule has 1 aliphatic carbocycles. The van der Waals surface area contributed by atoms with E-state index in [1.54, 1.807) is 6.92 Å². The third kappa shape index (κ3) is 3.07. The first-order valence-electron chi connectivity index (χ1n) is 10.3. The molecule has 2 aromatic carbocycles.